The normalized spacial score (nSPS) is 29.0. The number of hydrogen-bond acceptors (Lipinski definition) is 1. The molecule has 2 aliphatic rings. The summed E-state index contributed by atoms with van der Waals surface area (Å²) in [7, 11) is 0. The molecular weight excluding hydrogens is 302 g/mol. The average molecular weight is 320 g/mol. The molecule has 0 aliphatic heterocycles. The molecule has 0 spiro atoms. The molecule has 2 nitrogen and oxygen atoms in total. The second kappa shape index (κ2) is 5.49. The molecule has 1 aromatic rings. The molecule has 3 heteroatoms. The molecule has 0 bridgehead atoms. The molecule has 0 aromatic heterocycles. The predicted molar refractivity (Wildman–Crippen MR) is 80.8 cm³/mol. The van der Waals surface area contributed by atoms with E-state index in [1.54, 1.807) is 0 Å². The van der Waals surface area contributed by atoms with E-state index in [0.717, 1.165) is 23.0 Å². The molecular formula is C16H18BrNO. The molecule has 100 valence electrons. The maximum absolute atomic E-state index is 12.3. The van der Waals surface area contributed by atoms with Gasteiger partial charge in [-0.05, 0) is 61.8 Å². The third-order valence-electron chi connectivity index (χ3n) is 4.25. The molecule has 0 saturated heterocycles. The fraction of sp³-hybridized carbons (Fsp3) is 0.438. The summed E-state index contributed by atoms with van der Waals surface area (Å²) in [5.41, 5.74) is 0.894. The Morgan fingerprint density at radius 3 is 2.21 bits per heavy atom. The van der Waals surface area contributed by atoms with Gasteiger partial charge in [0.2, 0.25) is 5.91 Å². The number of fused-ring (bicyclic) bond motifs is 1. The van der Waals surface area contributed by atoms with Crippen LogP contribution in [0, 0.1) is 17.8 Å². The molecule has 1 aromatic carbocycles. The number of rotatable bonds is 2. The van der Waals surface area contributed by atoms with E-state index in [0.29, 0.717) is 11.8 Å². The third-order valence-corrected chi connectivity index (χ3v) is 4.77. The first-order chi connectivity index (χ1) is 9.25. The Morgan fingerprint density at radius 2 is 1.63 bits per heavy atom. The van der Waals surface area contributed by atoms with E-state index < -0.39 is 0 Å². The standard InChI is InChI=1S/C16H18BrNO/c17-11-7-9-12(10-8-11)18-16(19)15-13-5-3-1-2-4-6-14(13)15/h1-2,7-10,13-15H,3-6H2,(H,18,19)/t13-,14-/m0/s1. The van der Waals surface area contributed by atoms with Crippen LogP contribution in [0.1, 0.15) is 25.7 Å². The number of nitrogens with one attached hydrogen (secondary N) is 1. The largest absolute Gasteiger partial charge is 0.326 e. The lowest BCUT2D eigenvalue weighted by Crippen LogP contribution is -2.15. The maximum Gasteiger partial charge on any atom is 0.228 e. The SMILES string of the molecule is O=C(Nc1ccc(Br)cc1)C1[C@H]2CCC=CCC[C@H]12. The molecule has 1 amide bonds. The highest BCUT2D eigenvalue weighted by Crippen LogP contribution is 2.53. The average Bonchev–Trinajstić information content (AvgIpc) is 3.03. The van der Waals surface area contributed by atoms with Crippen LogP contribution in [-0.4, -0.2) is 5.91 Å². The summed E-state index contributed by atoms with van der Waals surface area (Å²) in [5, 5.41) is 3.05. The first kappa shape index (κ1) is 12.9. The summed E-state index contributed by atoms with van der Waals surface area (Å²) < 4.78 is 1.03. The number of benzene rings is 1. The summed E-state index contributed by atoms with van der Waals surface area (Å²) in [6.45, 7) is 0. The van der Waals surface area contributed by atoms with Gasteiger partial charge in [-0.3, -0.25) is 4.79 Å². The molecule has 3 rings (SSSR count). The smallest absolute Gasteiger partial charge is 0.228 e. The molecule has 2 atom stereocenters. The maximum atomic E-state index is 12.3. The van der Waals surface area contributed by atoms with Crippen molar-refractivity contribution >= 4 is 27.5 Å². The van der Waals surface area contributed by atoms with Crippen molar-refractivity contribution in [1.82, 2.24) is 0 Å². The first-order valence-electron chi connectivity index (χ1n) is 6.97. The van der Waals surface area contributed by atoms with Gasteiger partial charge in [0, 0.05) is 16.1 Å². The fourth-order valence-electron chi connectivity index (χ4n) is 3.19. The van der Waals surface area contributed by atoms with E-state index in [-0.39, 0.29) is 11.8 Å². The van der Waals surface area contributed by atoms with E-state index in [9.17, 15) is 4.79 Å². The second-order valence-electron chi connectivity index (χ2n) is 5.48. The number of halogens is 1. The van der Waals surface area contributed by atoms with Gasteiger partial charge in [-0.2, -0.15) is 0 Å². The molecule has 0 heterocycles. The van der Waals surface area contributed by atoms with Crippen LogP contribution in [0.5, 0.6) is 0 Å². The van der Waals surface area contributed by atoms with Gasteiger partial charge in [-0.15, -0.1) is 0 Å². The number of carbonyl (C=O) groups is 1. The van der Waals surface area contributed by atoms with Crippen molar-refractivity contribution in [2.45, 2.75) is 25.7 Å². The predicted octanol–water partition coefficient (Wildman–Crippen LogP) is 4.38. The van der Waals surface area contributed by atoms with Gasteiger partial charge in [-0.25, -0.2) is 0 Å². The molecule has 1 fully saturated rings. The highest BCUT2D eigenvalue weighted by atomic mass is 79.9. The van der Waals surface area contributed by atoms with Gasteiger partial charge in [0.15, 0.2) is 0 Å². The van der Waals surface area contributed by atoms with Gasteiger partial charge in [0.05, 0.1) is 0 Å². The van der Waals surface area contributed by atoms with Crippen LogP contribution < -0.4 is 5.32 Å². The molecule has 19 heavy (non-hydrogen) atoms. The van der Waals surface area contributed by atoms with Crippen LogP contribution in [0.4, 0.5) is 5.69 Å². The zero-order chi connectivity index (χ0) is 13.2. The third kappa shape index (κ3) is 2.92. The van der Waals surface area contributed by atoms with E-state index in [1.807, 2.05) is 24.3 Å². The Labute approximate surface area is 122 Å². The molecule has 1 saturated carbocycles. The summed E-state index contributed by atoms with van der Waals surface area (Å²) in [4.78, 5) is 12.3. The Hall–Kier alpha value is -1.09. The second-order valence-corrected chi connectivity index (χ2v) is 6.39. The van der Waals surface area contributed by atoms with E-state index >= 15 is 0 Å². The lowest BCUT2D eigenvalue weighted by atomic mass is 10.1. The topological polar surface area (TPSA) is 29.1 Å². The number of allylic oxidation sites excluding steroid dienone is 2. The van der Waals surface area contributed by atoms with Crippen LogP contribution in [0.3, 0.4) is 0 Å². The highest BCUT2D eigenvalue weighted by molar-refractivity contribution is 9.10. The minimum atomic E-state index is 0.208. The van der Waals surface area contributed by atoms with Gasteiger partial charge in [0.1, 0.15) is 0 Å². The Bertz CT molecular complexity index is 478. The molecule has 0 unspecified atom stereocenters. The summed E-state index contributed by atoms with van der Waals surface area (Å²) >= 11 is 3.40. The van der Waals surface area contributed by atoms with E-state index in [2.05, 4.69) is 33.4 Å². The van der Waals surface area contributed by atoms with Gasteiger partial charge in [0.25, 0.3) is 0 Å². The summed E-state index contributed by atoms with van der Waals surface area (Å²) in [6.07, 6.45) is 9.11. The van der Waals surface area contributed by atoms with Crippen LogP contribution in [0.2, 0.25) is 0 Å². The van der Waals surface area contributed by atoms with Gasteiger partial charge in [-0.1, -0.05) is 28.1 Å². The molecule has 0 radical (unpaired) electrons. The van der Waals surface area contributed by atoms with Crippen LogP contribution >= 0.6 is 15.9 Å². The number of amides is 1. The fourth-order valence-corrected chi connectivity index (χ4v) is 3.46. The van der Waals surface area contributed by atoms with Crippen molar-refractivity contribution in [2.75, 3.05) is 5.32 Å². The summed E-state index contributed by atoms with van der Waals surface area (Å²) in [6, 6.07) is 7.78. The van der Waals surface area contributed by atoms with E-state index in [1.165, 1.54) is 12.8 Å². The zero-order valence-corrected chi connectivity index (χ0v) is 12.4. The minimum Gasteiger partial charge on any atom is -0.326 e. The quantitative estimate of drug-likeness (QED) is 0.805. The van der Waals surface area contributed by atoms with Gasteiger partial charge < -0.3 is 5.32 Å². The molecule has 2 aliphatic carbocycles. The number of carbonyl (C=O) groups excluding carboxylic acids is 1. The minimum absolute atomic E-state index is 0.208. The Kier molecular flexibility index (Phi) is 3.74. The Morgan fingerprint density at radius 1 is 1.05 bits per heavy atom. The van der Waals surface area contributed by atoms with Crippen molar-refractivity contribution in [3.63, 3.8) is 0 Å². The van der Waals surface area contributed by atoms with Crippen LogP contribution in [0.25, 0.3) is 0 Å². The van der Waals surface area contributed by atoms with Gasteiger partial charge >= 0.3 is 0 Å². The summed E-state index contributed by atoms with van der Waals surface area (Å²) in [5.74, 6) is 1.67. The monoisotopic (exact) mass is 319 g/mol. The van der Waals surface area contributed by atoms with Crippen molar-refractivity contribution in [3.8, 4) is 0 Å². The zero-order valence-electron chi connectivity index (χ0n) is 10.8. The number of hydrogen-bond donors (Lipinski definition) is 1. The first-order valence-corrected chi connectivity index (χ1v) is 7.76. The van der Waals surface area contributed by atoms with Crippen molar-refractivity contribution < 1.29 is 4.79 Å². The number of anilines is 1. The van der Waals surface area contributed by atoms with Crippen molar-refractivity contribution in [2.24, 2.45) is 17.8 Å². The Balaban J connectivity index is 1.61. The highest BCUT2D eigenvalue weighted by Gasteiger charge is 2.53. The lowest BCUT2D eigenvalue weighted by molar-refractivity contribution is -0.117. The lowest BCUT2D eigenvalue weighted by Gasteiger charge is -2.04. The van der Waals surface area contributed by atoms with Crippen molar-refractivity contribution in [1.29, 1.82) is 0 Å². The molecule has 1 N–H and O–H groups in total. The van der Waals surface area contributed by atoms with Crippen molar-refractivity contribution in [3.05, 3.63) is 40.9 Å². The van der Waals surface area contributed by atoms with Crippen LogP contribution in [0.15, 0.2) is 40.9 Å². The van der Waals surface area contributed by atoms with E-state index in [4.69, 9.17) is 0 Å². The van der Waals surface area contributed by atoms with Crippen LogP contribution in [-0.2, 0) is 4.79 Å².